The SMILES string of the molecule is Cc1cc(C(=O)NC(C(=O)NCC(=O)NC(C=O)CC2CCNC2=O)C(C)C)no1. The molecular weight excluding hydrogens is 394 g/mol. The van der Waals surface area contributed by atoms with Crippen molar-refractivity contribution >= 4 is 29.9 Å². The lowest BCUT2D eigenvalue weighted by molar-refractivity contribution is -0.128. The minimum absolute atomic E-state index is 0.0495. The van der Waals surface area contributed by atoms with E-state index in [1.54, 1.807) is 20.8 Å². The first-order valence-corrected chi connectivity index (χ1v) is 9.75. The van der Waals surface area contributed by atoms with Crippen LogP contribution in [0.3, 0.4) is 0 Å². The van der Waals surface area contributed by atoms with E-state index in [9.17, 15) is 24.0 Å². The maximum absolute atomic E-state index is 12.5. The quantitative estimate of drug-likeness (QED) is 0.355. The summed E-state index contributed by atoms with van der Waals surface area (Å²) >= 11 is 0. The Labute approximate surface area is 173 Å². The van der Waals surface area contributed by atoms with Crippen molar-refractivity contribution in [2.75, 3.05) is 13.1 Å². The molecule has 0 spiro atoms. The van der Waals surface area contributed by atoms with Gasteiger partial charge in [-0.25, -0.2) is 0 Å². The molecule has 3 atom stereocenters. The van der Waals surface area contributed by atoms with Gasteiger partial charge in [0.2, 0.25) is 17.7 Å². The van der Waals surface area contributed by atoms with Crippen molar-refractivity contribution in [3.8, 4) is 0 Å². The third-order valence-corrected chi connectivity index (χ3v) is 4.73. The molecule has 3 unspecified atom stereocenters. The maximum atomic E-state index is 12.5. The molecule has 30 heavy (non-hydrogen) atoms. The van der Waals surface area contributed by atoms with Gasteiger partial charge in [-0.3, -0.25) is 19.2 Å². The summed E-state index contributed by atoms with van der Waals surface area (Å²) in [5, 5.41) is 13.8. The van der Waals surface area contributed by atoms with E-state index >= 15 is 0 Å². The van der Waals surface area contributed by atoms with Gasteiger partial charge in [-0.05, 0) is 25.7 Å². The summed E-state index contributed by atoms with van der Waals surface area (Å²) in [6.07, 6.45) is 1.38. The van der Waals surface area contributed by atoms with E-state index in [0.717, 1.165) is 0 Å². The summed E-state index contributed by atoms with van der Waals surface area (Å²) in [5.74, 6) is -1.94. The molecule has 1 aliphatic heterocycles. The van der Waals surface area contributed by atoms with Crippen molar-refractivity contribution in [2.24, 2.45) is 11.8 Å². The molecule has 1 aromatic rings. The molecule has 1 saturated heterocycles. The predicted molar refractivity (Wildman–Crippen MR) is 104 cm³/mol. The van der Waals surface area contributed by atoms with E-state index in [2.05, 4.69) is 26.4 Å². The second-order valence-corrected chi connectivity index (χ2v) is 7.56. The van der Waals surface area contributed by atoms with Crippen LogP contribution in [-0.4, -0.2) is 60.2 Å². The number of aldehydes is 1. The van der Waals surface area contributed by atoms with Crippen molar-refractivity contribution in [2.45, 2.75) is 45.7 Å². The van der Waals surface area contributed by atoms with E-state index in [4.69, 9.17) is 4.52 Å². The highest BCUT2D eigenvalue weighted by molar-refractivity contribution is 5.97. The molecule has 0 aromatic carbocycles. The number of nitrogens with zero attached hydrogens (tertiary/aromatic N) is 1. The largest absolute Gasteiger partial charge is 0.361 e. The van der Waals surface area contributed by atoms with E-state index in [-0.39, 0.29) is 36.4 Å². The molecule has 11 heteroatoms. The Hall–Kier alpha value is -3.24. The number of rotatable bonds is 10. The number of aromatic nitrogens is 1. The predicted octanol–water partition coefficient (Wildman–Crippen LogP) is -0.936. The maximum Gasteiger partial charge on any atom is 0.274 e. The Morgan fingerprint density at radius 2 is 2.07 bits per heavy atom. The van der Waals surface area contributed by atoms with Crippen LogP contribution in [-0.2, 0) is 19.2 Å². The van der Waals surface area contributed by atoms with Crippen LogP contribution in [0.25, 0.3) is 0 Å². The first kappa shape index (κ1) is 23.0. The summed E-state index contributed by atoms with van der Waals surface area (Å²) in [4.78, 5) is 59.7. The zero-order chi connectivity index (χ0) is 22.3. The molecule has 2 heterocycles. The molecular formula is C19H27N5O6. The lowest BCUT2D eigenvalue weighted by Crippen LogP contribution is -2.52. The lowest BCUT2D eigenvalue weighted by atomic mass is 9.99. The van der Waals surface area contributed by atoms with Gasteiger partial charge in [0, 0.05) is 18.5 Å². The number of hydrogen-bond donors (Lipinski definition) is 4. The summed E-state index contributed by atoms with van der Waals surface area (Å²) in [6.45, 7) is 5.31. The van der Waals surface area contributed by atoms with Crippen molar-refractivity contribution in [1.82, 2.24) is 26.4 Å². The number of carbonyl (C=O) groups is 5. The zero-order valence-corrected chi connectivity index (χ0v) is 17.2. The van der Waals surface area contributed by atoms with E-state index in [1.807, 2.05) is 0 Å². The third-order valence-electron chi connectivity index (χ3n) is 4.73. The molecule has 0 radical (unpaired) electrons. The number of carbonyl (C=O) groups excluding carboxylic acids is 5. The lowest BCUT2D eigenvalue weighted by Gasteiger charge is -2.21. The molecule has 1 aliphatic rings. The second-order valence-electron chi connectivity index (χ2n) is 7.56. The Kier molecular flexibility index (Phi) is 8.07. The van der Waals surface area contributed by atoms with Crippen LogP contribution in [0, 0.1) is 18.8 Å². The minimum Gasteiger partial charge on any atom is -0.361 e. The van der Waals surface area contributed by atoms with Crippen LogP contribution in [0.4, 0.5) is 0 Å². The zero-order valence-electron chi connectivity index (χ0n) is 17.2. The number of amides is 4. The second kappa shape index (κ2) is 10.5. The Bertz CT molecular complexity index is 805. The smallest absolute Gasteiger partial charge is 0.274 e. The highest BCUT2D eigenvalue weighted by Gasteiger charge is 2.29. The summed E-state index contributed by atoms with van der Waals surface area (Å²) < 4.78 is 4.85. The van der Waals surface area contributed by atoms with Crippen LogP contribution < -0.4 is 21.3 Å². The Morgan fingerprint density at radius 3 is 2.60 bits per heavy atom. The van der Waals surface area contributed by atoms with Gasteiger partial charge < -0.3 is 30.6 Å². The molecule has 0 aliphatic carbocycles. The molecule has 2 rings (SSSR count). The van der Waals surface area contributed by atoms with Gasteiger partial charge in [-0.1, -0.05) is 19.0 Å². The molecule has 164 valence electrons. The topological polar surface area (TPSA) is 160 Å². The highest BCUT2D eigenvalue weighted by Crippen LogP contribution is 2.15. The molecule has 1 aromatic heterocycles. The number of aryl methyl sites for hydroxylation is 1. The van der Waals surface area contributed by atoms with Gasteiger partial charge in [-0.2, -0.15) is 0 Å². The molecule has 4 N–H and O–H groups in total. The fourth-order valence-corrected chi connectivity index (χ4v) is 3.08. The fourth-order valence-electron chi connectivity index (χ4n) is 3.08. The molecule has 0 saturated carbocycles. The highest BCUT2D eigenvalue weighted by atomic mass is 16.5. The molecule has 1 fully saturated rings. The van der Waals surface area contributed by atoms with Crippen LogP contribution in [0.5, 0.6) is 0 Å². The summed E-state index contributed by atoms with van der Waals surface area (Å²) in [5.41, 5.74) is 0.0495. The summed E-state index contributed by atoms with van der Waals surface area (Å²) in [7, 11) is 0. The first-order chi connectivity index (χ1) is 14.2. The van der Waals surface area contributed by atoms with Crippen molar-refractivity contribution in [1.29, 1.82) is 0 Å². The van der Waals surface area contributed by atoms with Gasteiger partial charge in [0.15, 0.2) is 5.69 Å². The average Bonchev–Trinajstić information content (AvgIpc) is 3.31. The van der Waals surface area contributed by atoms with Gasteiger partial charge in [0.25, 0.3) is 5.91 Å². The normalized spacial score (nSPS) is 17.7. The van der Waals surface area contributed by atoms with Crippen LogP contribution in [0.2, 0.25) is 0 Å². The van der Waals surface area contributed by atoms with Gasteiger partial charge in [0.05, 0.1) is 12.6 Å². The first-order valence-electron chi connectivity index (χ1n) is 9.75. The molecule has 4 amide bonds. The number of hydrogen-bond acceptors (Lipinski definition) is 7. The Balaban J connectivity index is 1.84. The van der Waals surface area contributed by atoms with Crippen LogP contribution in [0.15, 0.2) is 10.6 Å². The number of nitrogens with one attached hydrogen (secondary N) is 4. The average molecular weight is 421 g/mol. The monoisotopic (exact) mass is 421 g/mol. The van der Waals surface area contributed by atoms with Crippen molar-refractivity contribution < 1.29 is 28.5 Å². The molecule has 11 nitrogen and oxygen atoms in total. The molecule has 0 bridgehead atoms. The van der Waals surface area contributed by atoms with E-state index in [1.165, 1.54) is 6.07 Å². The van der Waals surface area contributed by atoms with Crippen molar-refractivity contribution in [3.05, 3.63) is 17.5 Å². The third kappa shape index (κ3) is 6.39. The van der Waals surface area contributed by atoms with Gasteiger partial charge >= 0.3 is 0 Å². The standard InChI is InChI=1S/C19H27N5O6/c1-10(2)16(23-18(28)14-6-11(3)30-24-14)19(29)21-8-15(26)22-13(9-25)7-12-4-5-20-17(12)27/h6,9-10,12-13,16H,4-5,7-8H2,1-3H3,(H,20,27)(H,21,29)(H,22,26)(H,23,28). The van der Waals surface area contributed by atoms with Gasteiger partial charge in [0.1, 0.15) is 18.1 Å². The minimum atomic E-state index is -0.897. The van der Waals surface area contributed by atoms with Gasteiger partial charge in [-0.15, -0.1) is 0 Å². The van der Waals surface area contributed by atoms with Crippen LogP contribution >= 0.6 is 0 Å². The Morgan fingerprint density at radius 1 is 1.33 bits per heavy atom. The van der Waals surface area contributed by atoms with E-state index in [0.29, 0.717) is 25.0 Å². The summed E-state index contributed by atoms with van der Waals surface area (Å²) in [6, 6.07) is -0.270. The van der Waals surface area contributed by atoms with E-state index < -0.39 is 29.8 Å². The van der Waals surface area contributed by atoms with Crippen molar-refractivity contribution in [3.63, 3.8) is 0 Å². The van der Waals surface area contributed by atoms with Crippen LogP contribution in [0.1, 0.15) is 42.9 Å². The fraction of sp³-hybridized carbons (Fsp3) is 0.579.